The third kappa shape index (κ3) is 4.70. The molecule has 0 radical (unpaired) electrons. The van der Waals surface area contributed by atoms with Crippen LogP contribution in [0.3, 0.4) is 0 Å². The molecule has 4 rings (SSSR count). The lowest BCUT2D eigenvalue weighted by molar-refractivity contribution is -0.145. The Balaban J connectivity index is 1.78. The Kier molecular flexibility index (Phi) is 6.10. The van der Waals surface area contributed by atoms with Gasteiger partial charge in [0, 0.05) is 25.0 Å². The van der Waals surface area contributed by atoms with Crippen LogP contribution in [0.5, 0.6) is 0 Å². The molecule has 4 fully saturated rings. The average molecular weight is 380 g/mol. The predicted molar refractivity (Wildman–Crippen MR) is 101 cm³/mol. The number of thioether (sulfide) groups is 1. The maximum atomic E-state index is 11.8. The van der Waals surface area contributed by atoms with Crippen LogP contribution in [0.15, 0.2) is 12.2 Å². The number of aldehydes is 1. The quantitative estimate of drug-likeness (QED) is 0.303. The van der Waals surface area contributed by atoms with E-state index in [1.807, 2.05) is 0 Å². The van der Waals surface area contributed by atoms with Gasteiger partial charge in [0.15, 0.2) is 0 Å². The second kappa shape index (κ2) is 8.15. The molecule has 144 valence electrons. The molecule has 4 saturated carbocycles. The molecule has 0 aromatic carbocycles. The second-order valence-corrected chi connectivity index (χ2v) is 9.85. The highest BCUT2D eigenvalue weighted by Gasteiger charge is 2.52. The van der Waals surface area contributed by atoms with Crippen molar-refractivity contribution in [1.29, 1.82) is 0 Å². The molecule has 1 N–H and O–H groups in total. The summed E-state index contributed by atoms with van der Waals surface area (Å²) in [5, 5.41) is 2.67. The molecule has 0 aromatic heterocycles. The first-order valence-corrected chi connectivity index (χ1v) is 10.5. The van der Waals surface area contributed by atoms with Crippen molar-refractivity contribution >= 4 is 29.9 Å². The molecule has 0 heterocycles. The summed E-state index contributed by atoms with van der Waals surface area (Å²) in [6.45, 7) is 2.87. The lowest BCUT2D eigenvalue weighted by Crippen LogP contribution is -2.52. The van der Waals surface area contributed by atoms with Gasteiger partial charge in [0.25, 0.3) is 0 Å². The van der Waals surface area contributed by atoms with Gasteiger partial charge in [-0.25, -0.2) is 0 Å². The van der Waals surface area contributed by atoms with E-state index in [4.69, 9.17) is 4.74 Å². The zero-order valence-corrected chi connectivity index (χ0v) is 16.4. The molecule has 0 aromatic rings. The number of carbonyl (C=O) groups excluding carboxylic acids is 3. The van der Waals surface area contributed by atoms with Gasteiger partial charge >= 0.3 is 5.97 Å². The molecular formula is C20H29NO4S. The van der Waals surface area contributed by atoms with Crippen molar-refractivity contribution in [3.63, 3.8) is 0 Å². The lowest BCUT2D eigenvalue weighted by Gasteiger charge is -2.57. The van der Waals surface area contributed by atoms with Gasteiger partial charge in [-0.3, -0.25) is 9.59 Å². The largest absolute Gasteiger partial charge is 0.455 e. The number of amides is 1. The predicted octanol–water partition coefficient (Wildman–Crippen LogP) is 3.23. The minimum absolute atomic E-state index is 0.131. The molecule has 0 aliphatic heterocycles. The smallest absolute Gasteiger partial charge is 0.303 e. The number of esters is 1. The molecule has 26 heavy (non-hydrogen) atoms. The van der Waals surface area contributed by atoms with Gasteiger partial charge in [0.1, 0.15) is 17.8 Å². The summed E-state index contributed by atoms with van der Waals surface area (Å²) in [4.78, 5) is 34.0. The van der Waals surface area contributed by atoms with E-state index in [-0.39, 0.29) is 28.4 Å². The van der Waals surface area contributed by atoms with Crippen molar-refractivity contribution < 1.29 is 19.1 Å². The molecule has 2 unspecified atom stereocenters. The Hall–Kier alpha value is -1.30. The van der Waals surface area contributed by atoms with Crippen molar-refractivity contribution in [1.82, 2.24) is 5.32 Å². The summed E-state index contributed by atoms with van der Waals surface area (Å²) in [6.07, 6.45) is 11.6. The summed E-state index contributed by atoms with van der Waals surface area (Å²) >= 11 is 1.79. The molecule has 6 heteroatoms. The highest BCUT2D eigenvalue weighted by atomic mass is 32.2. The number of hydrogen-bond acceptors (Lipinski definition) is 5. The molecule has 1 amide bonds. The lowest BCUT2D eigenvalue weighted by atomic mass is 9.56. The standard InChI is InChI=1S/C20H29NO4S/c1-13(23)21-19(18(25-14(2)24)5-3-4-6-22)26-20-10-15-7-16(11-20)9-17(8-15)12-20/h3,5-6,15-19H,4,7-12H2,1-2H3,(H,21,23). The number of allylic oxidation sites excluding steroid dienone is 1. The highest BCUT2D eigenvalue weighted by molar-refractivity contribution is 8.01. The van der Waals surface area contributed by atoms with Crippen LogP contribution in [0.4, 0.5) is 0 Å². The van der Waals surface area contributed by atoms with E-state index in [0.717, 1.165) is 24.0 Å². The van der Waals surface area contributed by atoms with E-state index in [1.54, 1.807) is 23.9 Å². The zero-order valence-electron chi connectivity index (χ0n) is 15.6. The maximum Gasteiger partial charge on any atom is 0.303 e. The molecule has 4 bridgehead atoms. The van der Waals surface area contributed by atoms with E-state index in [0.29, 0.717) is 0 Å². The van der Waals surface area contributed by atoms with E-state index in [1.165, 1.54) is 52.4 Å². The fourth-order valence-corrected chi connectivity index (χ4v) is 7.53. The Morgan fingerprint density at radius 2 is 1.73 bits per heavy atom. The third-order valence-electron chi connectivity index (χ3n) is 5.86. The van der Waals surface area contributed by atoms with Crippen molar-refractivity contribution in [2.45, 2.75) is 75.0 Å². The number of rotatable bonds is 8. The fraction of sp³-hybridized carbons (Fsp3) is 0.750. The number of hydrogen-bond donors (Lipinski definition) is 1. The van der Waals surface area contributed by atoms with Gasteiger partial charge in [-0.15, -0.1) is 11.8 Å². The summed E-state index contributed by atoms with van der Waals surface area (Å²) in [5.41, 5.74) is 0. The molecule has 0 spiro atoms. The first kappa shape index (κ1) is 19.5. The topological polar surface area (TPSA) is 72.5 Å². The molecule has 5 nitrogen and oxygen atoms in total. The van der Waals surface area contributed by atoms with Crippen LogP contribution in [0, 0.1) is 17.8 Å². The summed E-state index contributed by atoms with van der Waals surface area (Å²) in [7, 11) is 0. The van der Waals surface area contributed by atoms with E-state index < -0.39 is 6.10 Å². The van der Waals surface area contributed by atoms with Gasteiger partial charge in [-0.2, -0.15) is 0 Å². The minimum atomic E-state index is -0.561. The fourth-order valence-electron chi connectivity index (χ4n) is 5.49. The van der Waals surface area contributed by atoms with Gasteiger partial charge in [-0.05, 0) is 62.4 Å². The summed E-state index contributed by atoms with van der Waals surface area (Å²) in [5.74, 6) is 1.92. The second-order valence-electron chi connectivity index (χ2n) is 8.24. The zero-order chi connectivity index (χ0) is 18.7. The summed E-state index contributed by atoms with van der Waals surface area (Å²) < 4.78 is 5.68. The molecule has 4 aliphatic rings. The van der Waals surface area contributed by atoms with Gasteiger partial charge < -0.3 is 14.8 Å². The van der Waals surface area contributed by atoms with Crippen molar-refractivity contribution in [3.8, 4) is 0 Å². The van der Waals surface area contributed by atoms with Crippen LogP contribution in [0.1, 0.15) is 58.8 Å². The van der Waals surface area contributed by atoms with Crippen LogP contribution in [0.25, 0.3) is 0 Å². The number of ether oxygens (including phenoxy) is 1. The first-order valence-electron chi connectivity index (χ1n) is 9.61. The normalized spacial score (nSPS) is 34.5. The summed E-state index contributed by atoms with van der Waals surface area (Å²) in [6, 6.07) is 0. The van der Waals surface area contributed by atoms with E-state index >= 15 is 0 Å². The number of nitrogens with one attached hydrogen (secondary N) is 1. The number of carbonyl (C=O) groups is 3. The Labute approximate surface area is 159 Å². The van der Waals surface area contributed by atoms with E-state index in [9.17, 15) is 14.4 Å². The molecular weight excluding hydrogens is 350 g/mol. The van der Waals surface area contributed by atoms with E-state index in [2.05, 4.69) is 5.32 Å². The van der Waals surface area contributed by atoms with Gasteiger partial charge in [0.2, 0.25) is 5.91 Å². The minimum Gasteiger partial charge on any atom is -0.455 e. The highest BCUT2D eigenvalue weighted by Crippen LogP contribution is 2.61. The van der Waals surface area contributed by atoms with Gasteiger partial charge in [-0.1, -0.05) is 6.08 Å². The third-order valence-corrected chi connectivity index (χ3v) is 7.50. The Morgan fingerprint density at radius 1 is 1.15 bits per heavy atom. The SMILES string of the molecule is CC(=O)NC(SC12CC3CC(CC(C3)C1)C2)C(C=CCC=O)OC(C)=O. The van der Waals surface area contributed by atoms with Crippen LogP contribution < -0.4 is 5.32 Å². The van der Waals surface area contributed by atoms with Crippen LogP contribution in [-0.2, 0) is 19.1 Å². The van der Waals surface area contributed by atoms with Crippen LogP contribution in [-0.4, -0.2) is 34.4 Å². The van der Waals surface area contributed by atoms with Crippen molar-refractivity contribution in [2.24, 2.45) is 17.8 Å². The first-order chi connectivity index (χ1) is 12.4. The molecule has 2 atom stereocenters. The maximum absolute atomic E-state index is 11.8. The average Bonchev–Trinajstić information content (AvgIpc) is 2.51. The van der Waals surface area contributed by atoms with Crippen molar-refractivity contribution in [2.75, 3.05) is 0 Å². The monoisotopic (exact) mass is 379 g/mol. The van der Waals surface area contributed by atoms with Gasteiger partial charge in [0.05, 0.1) is 0 Å². The van der Waals surface area contributed by atoms with Crippen LogP contribution >= 0.6 is 11.8 Å². The van der Waals surface area contributed by atoms with Crippen molar-refractivity contribution in [3.05, 3.63) is 12.2 Å². The Bertz CT molecular complexity index is 553. The Morgan fingerprint density at radius 3 is 2.19 bits per heavy atom. The molecule has 4 aliphatic carbocycles. The van der Waals surface area contributed by atoms with Crippen LogP contribution in [0.2, 0.25) is 0 Å². The molecule has 0 saturated heterocycles.